The highest BCUT2D eigenvalue weighted by Gasteiger charge is 2.53. The number of carbonyl (C=O) groups is 1. The number of ether oxygens (including phenoxy) is 1. The van der Waals surface area contributed by atoms with Gasteiger partial charge in [-0.05, 0) is 32.3 Å². The van der Waals surface area contributed by atoms with Crippen molar-refractivity contribution in [2.24, 2.45) is 5.92 Å². The second-order valence-electron chi connectivity index (χ2n) is 7.60. The molecular formula is C19H22N2O6S. The van der Waals surface area contributed by atoms with Crippen molar-refractivity contribution < 1.29 is 22.4 Å². The number of likely N-dealkylation sites (tertiary alicyclic amines) is 1. The molecule has 2 saturated heterocycles. The summed E-state index contributed by atoms with van der Waals surface area (Å²) in [6, 6.07) is 7.92. The van der Waals surface area contributed by atoms with E-state index in [-0.39, 0.29) is 36.8 Å². The van der Waals surface area contributed by atoms with E-state index >= 15 is 0 Å². The van der Waals surface area contributed by atoms with Crippen LogP contribution >= 0.6 is 0 Å². The van der Waals surface area contributed by atoms with Gasteiger partial charge < -0.3 is 19.0 Å². The van der Waals surface area contributed by atoms with Gasteiger partial charge in [-0.2, -0.15) is 0 Å². The van der Waals surface area contributed by atoms with Gasteiger partial charge in [0.15, 0.2) is 16.4 Å². The zero-order valence-corrected chi connectivity index (χ0v) is 16.5. The predicted molar refractivity (Wildman–Crippen MR) is 103 cm³/mol. The predicted octanol–water partition coefficient (Wildman–Crippen LogP) is 0.357. The normalized spacial score (nSPS) is 26.0. The van der Waals surface area contributed by atoms with Crippen LogP contribution in [0, 0.1) is 5.92 Å². The quantitative estimate of drug-likeness (QED) is 0.676. The Morgan fingerprint density at radius 2 is 2.00 bits per heavy atom. The highest BCUT2D eigenvalue weighted by molar-refractivity contribution is 7.92. The van der Waals surface area contributed by atoms with E-state index < -0.39 is 20.7 Å². The van der Waals surface area contributed by atoms with Gasteiger partial charge in [0.2, 0.25) is 0 Å². The molecule has 150 valence electrons. The molecule has 3 heterocycles. The van der Waals surface area contributed by atoms with Gasteiger partial charge in [0.1, 0.15) is 11.3 Å². The molecule has 0 spiro atoms. The summed E-state index contributed by atoms with van der Waals surface area (Å²) in [5.74, 6) is 0.236. The number of fused-ring (bicyclic) bond motifs is 2. The lowest BCUT2D eigenvalue weighted by Crippen LogP contribution is -2.39. The largest absolute Gasteiger partial charge is 0.484 e. The van der Waals surface area contributed by atoms with Gasteiger partial charge in [0.05, 0.1) is 11.0 Å². The Bertz CT molecular complexity index is 1080. The van der Waals surface area contributed by atoms with E-state index in [1.54, 1.807) is 29.2 Å². The maximum absolute atomic E-state index is 12.6. The Labute approximate surface area is 162 Å². The third-order valence-corrected chi connectivity index (χ3v) is 7.87. The van der Waals surface area contributed by atoms with E-state index in [1.165, 1.54) is 6.07 Å². The number of amides is 1. The van der Waals surface area contributed by atoms with Gasteiger partial charge in [0.25, 0.3) is 5.91 Å². The number of hydrogen-bond acceptors (Lipinski definition) is 7. The average molecular weight is 406 g/mol. The molecule has 9 heteroatoms. The van der Waals surface area contributed by atoms with Crippen molar-refractivity contribution in [3.05, 3.63) is 40.8 Å². The summed E-state index contributed by atoms with van der Waals surface area (Å²) in [6.07, 6.45) is 0. The lowest BCUT2D eigenvalue weighted by Gasteiger charge is -2.25. The number of benzene rings is 1. The summed E-state index contributed by atoms with van der Waals surface area (Å²) in [6.45, 7) is 0.433. The van der Waals surface area contributed by atoms with Crippen molar-refractivity contribution in [3.8, 4) is 5.75 Å². The second kappa shape index (κ2) is 6.89. The maximum atomic E-state index is 12.6. The summed E-state index contributed by atoms with van der Waals surface area (Å²) in [4.78, 5) is 27.4. The third kappa shape index (κ3) is 3.40. The average Bonchev–Trinajstić information content (AvgIpc) is 3.18. The van der Waals surface area contributed by atoms with Crippen LogP contribution in [0.15, 0.2) is 39.5 Å². The zero-order valence-electron chi connectivity index (χ0n) is 15.7. The Morgan fingerprint density at radius 3 is 2.75 bits per heavy atom. The molecule has 0 bridgehead atoms. The third-order valence-electron chi connectivity index (χ3n) is 5.64. The van der Waals surface area contributed by atoms with Gasteiger partial charge in [-0.1, -0.05) is 0 Å². The first-order chi connectivity index (χ1) is 13.2. The van der Waals surface area contributed by atoms with E-state index in [2.05, 4.69) is 0 Å². The first-order valence-corrected chi connectivity index (χ1v) is 10.8. The molecule has 2 aliphatic rings. The molecule has 0 aliphatic carbocycles. The fourth-order valence-corrected chi connectivity index (χ4v) is 6.61. The van der Waals surface area contributed by atoms with Crippen molar-refractivity contribution in [2.75, 3.05) is 39.5 Å². The SMILES string of the molecule is CN(C)[C@H]1CS(=O)(=O)[C@H]2CN(C(=O)COc3ccc4ccc(=O)oc4c3)C[C@@H]12. The van der Waals surface area contributed by atoms with Crippen molar-refractivity contribution in [3.63, 3.8) is 0 Å². The maximum Gasteiger partial charge on any atom is 0.336 e. The Balaban J connectivity index is 1.43. The molecule has 8 nitrogen and oxygen atoms in total. The van der Waals surface area contributed by atoms with E-state index in [9.17, 15) is 18.0 Å². The number of hydrogen-bond donors (Lipinski definition) is 0. The molecule has 2 fully saturated rings. The molecule has 1 amide bonds. The summed E-state index contributed by atoms with van der Waals surface area (Å²) in [5.41, 5.74) is -0.0749. The molecule has 2 aromatic rings. The van der Waals surface area contributed by atoms with E-state index in [0.717, 1.165) is 5.39 Å². The van der Waals surface area contributed by atoms with E-state index in [0.29, 0.717) is 17.9 Å². The van der Waals surface area contributed by atoms with Crippen LogP contribution < -0.4 is 10.4 Å². The molecule has 28 heavy (non-hydrogen) atoms. The molecule has 1 aromatic heterocycles. The number of carbonyl (C=O) groups excluding carboxylic acids is 1. The van der Waals surface area contributed by atoms with Gasteiger partial charge in [-0.25, -0.2) is 13.2 Å². The summed E-state index contributed by atoms with van der Waals surface area (Å²) < 4.78 is 35.5. The molecule has 3 atom stereocenters. The van der Waals surface area contributed by atoms with Crippen LogP contribution in [0.25, 0.3) is 11.0 Å². The lowest BCUT2D eigenvalue weighted by atomic mass is 10.00. The van der Waals surface area contributed by atoms with Crippen LogP contribution in [0.3, 0.4) is 0 Å². The molecule has 0 saturated carbocycles. The van der Waals surface area contributed by atoms with Gasteiger partial charge in [-0.3, -0.25) is 4.79 Å². The van der Waals surface area contributed by atoms with Crippen LogP contribution in [0.2, 0.25) is 0 Å². The minimum Gasteiger partial charge on any atom is -0.484 e. The highest BCUT2D eigenvalue weighted by atomic mass is 32.2. The molecule has 2 aliphatic heterocycles. The minimum atomic E-state index is -3.20. The van der Waals surface area contributed by atoms with Crippen molar-refractivity contribution >= 4 is 26.7 Å². The van der Waals surface area contributed by atoms with Crippen LogP contribution in [-0.4, -0.2) is 75.0 Å². The molecular weight excluding hydrogens is 384 g/mol. The molecule has 0 N–H and O–H groups in total. The first kappa shape index (κ1) is 18.9. The summed E-state index contributed by atoms with van der Waals surface area (Å²) in [5, 5.41) is 0.254. The standard InChI is InChI=1S/C19H22N2O6S/c1-20(2)15-11-28(24,25)17-9-21(8-14(15)17)18(22)10-26-13-5-3-12-4-6-19(23)27-16(12)7-13/h3-7,14-15,17H,8-11H2,1-2H3/t14-,15-,17-/m0/s1. The first-order valence-electron chi connectivity index (χ1n) is 9.07. The topological polar surface area (TPSA) is 97.1 Å². The smallest absolute Gasteiger partial charge is 0.336 e. The van der Waals surface area contributed by atoms with Crippen LogP contribution in [0.1, 0.15) is 0 Å². The van der Waals surface area contributed by atoms with E-state index in [4.69, 9.17) is 9.15 Å². The molecule has 0 unspecified atom stereocenters. The highest BCUT2D eigenvalue weighted by Crippen LogP contribution is 2.36. The van der Waals surface area contributed by atoms with Crippen molar-refractivity contribution in [1.29, 1.82) is 0 Å². The van der Waals surface area contributed by atoms with Crippen molar-refractivity contribution in [1.82, 2.24) is 9.80 Å². The monoisotopic (exact) mass is 406 g/mol. The Morgan fingerprint density at radius 1 is 1.25 bits per heavy atom. The number of nitrogens with zero attached hydrogens (tertiary/aromatic N) is 2. The van der Waals surface area contributed by atoms with Gasteiger partial charge in [0, 0.05) is 42.6 Å². The fourth-order valence-electron chi connectivity index (χ4n) is 4.14. The van der Waals surface area contributed by atoms with Gasteiger partial charge >= 0.3 is 5.63 Å². The van der Waals surface area contributed by atoms with Gasteiger partial charge in [-0.15, -0.1) is 0 Å². The lowest BCUT2D eigenvalue weighted by molar-refractivity contribution is -0.132. The Kier molecular flexibility index (Phi) is 4.67. The number of sulfone groups is 1. The fraction of sp³-hybridized carbons (Fsp3) is 0.474. The molecule has 0 radical (unpaired) electrons. The molecule has 4 rings (SSSR count). The molecule has 1 aromatic carbocycles. The zero-order chi connectivity index (χ0) is 20.1. The number of rotatable bonds is 4. The van der Waals surface area contributed by atoms with Crippen LogP contribution in [0.4, 0.5) is 0 Å². The summed E-state index contributed by atoms with van der Waals surface area (Å²) in [7, 11) is 0.540. The van der Waals surface area contributed by atoms with E-state index in [1.807, 2.05) is 19.0 Å². The second-order valence-corrected chi connectivity index (χ2v) is 9.87. The minimum absolute atomic E-state index is 0.0705. The summed E-state index contributed by atoms with van der Waals surface area (Å²) >= 11 is 0. The van der Waals surface area contributed by atoms with Crippen LogP contribution in [0.5, 0.6) is 5.75 Å². The van der Waals surface area contributed by atoms with Crippen molar-refractivity contribution in [2.45, 2.75) is 11.3 Å². The van der Waals surface area contributed by atoms with Crippen LogP contribution in [-0.2, 0) is 14.6 Å². The Hall–Kier alpha value is -2.39.